The zero-order valence-electron chi connectivity index (χ0n) is 13.8. The fourth-order valence-electron chi connectivity index (χ4n) is 2.47. The second kappa shape index (κ2) is 6.97. The second-order valence-electron chi connectivity index (χ2n) is 5.50. The zero-order chi connectivity index (χ0) is 18.0. The predicted molar refractivity (Wildman–Crippen MR) is 98.8 cm³/mol. The van der Waals surface area contributed by atoms with Gasteiger partial charge in [-0.05, 0) is 36.8 Å². The Morgan fingerprint density at radius 1 is 1.24 bits per heavy atom. The van der Waals surface area contributed by atoms with Crippen molar-refractivity contribution in [3.63, 3.8) is 0 Å². The topological polar surface area (TPSA) is 84.5 Å². The number of carbonyl (C=O) groups is 1. The number of sulfonamides is 1. The van der Waals surface area contributed by atoms with Crippen molar-refractivity contribution in [1.29, 1.82) is 0 Å². The maximum atomic E-state index is 12.6. The van der Waals surface area contributed by atoms with E-state index in [1.807, 2.05) is 6.92 Å². The van der Waals surface area contributed by atoms with Crippen LogP contribution in [0.25, 0.3) is 0 Å². The number of ether oxygens (including phenoxy) is 1. The van der Waals surface area contributed by atoms with Gasteiger partial charge in [0.1, 0.15) is 5.75 Å². The molecule has 0 spiro atoms. The SMILES string of the molecule is CC[C@H]1Sc2ccc(S(=O)(=O)Nc3cccc(OC)c3)cc2NC1=O. The van der Waals surface area contributed by atoms with Crippen LogP contribution in [0.15, 0.2) is 52.3 Å². The lowest BCUT2D eigenvalue weighted by Gasteiger charge is -2.23. The number of thioether (sulfide) groups is 1. The van der Waals surface area contributed by atoms with E-state index in [4.69, 9.17) is 4.74 Å². The van der Waals surface area contributed by atoms with Crippen LogP contribution in [0.4, 0.5) is 11.4 Å². The molecule has 0 saturated carbocycles. The molecule has 8 heteroatoms. The third-order valence-electron chi connectivity index (χ3n) is 3.77. The van der Waals surface area contributed by atoms with Gasteiger partial charge in [-0.2, -0.15) is 0 Å². The summed E-state index contributed by atoms with van der Waals surface area (Å²) in [5.74, 6) is 0.454. The Morgan fingerprint density at radius 2 is 2.04 bits per heavy atom. The van der Waals surface area contributed by atoms with Crippen LogP contribution in [-0.2, 0) is 14.8 Å². The predicted octanol–water partition coefficient (Wildman–Crippen LogP) is 3.32. The van der Waals surface area contributed by atoms with Gasteiger partial charge in [-0.15, -0.1) is 11.8 Å². The summed E-state index contributed by atoms with van der Waals surface area (Å²) < 4.78 is 32.9. The molecule has 132 valence electrons. The minimum Gasteiger partial charge on any atom is -0.497 e. The maximum Gasteiger partial charge on any atom is 0.261 e. The highest BCUT2D eigenvalue weighted by molar-refractivity contribution is 8.01. The lowest BCUT2D eigenvalue weighted by atomic mass is 10.2. The highest BCUT2D eigenvalue weighted by atomic mass is 32.2. The van der Waals surface area contributed by atoms with Crippen molar-refractivity contribution in [3.8, 4) is 5.75 Å². The van der Waals surface area contributed by atoms with Gasteiger partial charge < -0.3 is 10.1 Å². The van der Waals surface area contributed by atoms with E-state index in [-0.39, 0.29) is 16.1 Å². The van der Waals surface area contributed by atoms with Crippen molar-refractivity contribution in [3.05, 3.63) is 42.5 Å². The smallest absolute Gasteiger partial charge is 0.261 e. The molecule has 0 aliphatic carbocycles. The standard InChI is InChI=1S/C17H18N2O4S2/c1-3-15-17(20)18-14-10-13(7-8-16(14)24-15)25(21,22)19-11-5-4-6-12(9-11)23-2/h4-10,15,19H,3H2,1-2H3,(H,18,20)/t15-/m1/s1. The third kappa shape index (κ3) is 3.74. The van der Waals surface area contributed by atoms with Crippen LogP contribution in [0.1, 0.15) is 13.3 Å². The van der Waals surface area contributed by atoms with Crippen LogP contribution < -0.4 is 14.8 Å². The van der Waals surface area contributed by atoms with Crippen LogP contribution in [0.3, 0.4) is 0 Å². The average Bonchev–Trinajstić information content (AvgIpc) is 2.60. The lowest BCUT2D eigenvalue weighted by Crippen LogP contribution is -2.28. The van der Waals surface area contributed by atoms with Crippen LogP contribution >= 0.6 is 11.8 Å². The molecular weight excluding hydrogens is 360 g/mol. The van der Waals surface area contributed by atoms with E-state index in [1.165, 1.54) is 24.9 Å². The molecule has 1 amide bonds. The molecule has 0 saturated heterocycles. The quantitative estimate of drug-likeness (QED) is 0.834. The molecule has 1 heterocycles. The molecule has 1 aliphatic rings. The van der Waals surface area contributed by atoms with E-state index in [2.05, 4.69) is 10.0 Å². The Balaban J connectivity index is 1.88. The Morgan fingerprint density at radius 3 is 2.76 bits per heavy atom. The molecule has 1 atom stereocenters. The number of fused-ring (bicyclic) bond motifs is 1. The summed E-state index contributed by atoms with van der Waals surface area (Å²) >= 11 is 1.45. The van der Waals surface area contributed by atoms with E-state index in [0.717, 1.165) is 4.90 Å². The number of anilines is 2. The van der Waals surface area contributed by atoms with Gasteiger partial charge in [-0.25, -0.2) is 8.42 Å². The Kier molecular flexibility index (Phi) is 4.91. The monoisotopic (exact) mass is 378 g/mol. The Hall–Kier alpha value is -2.19. The largest absolute Gasteiger partial charge is 0.497 e. The summed E-state index contributed by atoms with van der Waals surface area (Å²) in [6.07, 6.45) is 0.716. The number of benzene rings is 2. The van der Waals surface area contributed by atoms with Gasteiger partial charge in [0.25, 0.3) is 10.0 Å². The Labute approximate surface area is 151 Å². The van der Waals surface area contributed by atoms with Crippen molar-refractivity contribution >= 4 is 39.1 Å². The van der Waals surface area contributed by atoms with Crippen LogP contribution in [0.5, 0.6) is 5.75 Å². The number of rotatable bonds is 5. The fourth-order valence-corrected chi connectivity index (χ4v) is 4.56. The molecule has 3 rings (SSSR count). The molecule has 2 aromatic carbocycles. The van der Waals surface area contributed by atoms with Crippen molar-refractivity contribution < 1.29 is 17.9 Å². The number of hydrogen-bond donors (Lipinski definition) is 2. The van der Waals surface area contributed by atoms with Gasteiger partial charge in [-0.3, -0.25) is 9.52 Å². The minimum atomic E-state index is -3.77. The highest BCUT2D eigenvalue weighted by Gasteiger charge is 2.27. The molecule has 0 radical (unpaired) electrons. The second-order valence-corrected chi connectivity index (χ2v) is 8.43. The van der Waals surface area contributed by atoms with Gasteiger partial charge >= 0.3 is 0 Å². The number of carbonyl (C=O) groups excluding carboxylic acids is 1. The normalized spacial score (nSPS) is 16.7. The van der Waals surface area contributed by atoms with Gasteiger partial charge in [0.15, 0.2) is 0 Å². The first-order valence-electron chi connectivity index (χ1n) is 7.71. The molecule has 2 aromatic rings. The number of amides is 1. The molecule has 1 aliphatic heterocycles. The third-order valence-corrected chi connectivity index (χ3v) is 6.59. The molecular formula is C17H18N2O4S2. The summed E-state index contributed by atoms with van der Waals surface area (Å²) in [6.45, 7) is 1.94. The summed E-state index contributed by atoms with van der Waals surface area (Å²) in [5.41, 5.74) is 0.926. The highest BCUT2D eigenvalue weighted by Crippen LogP contribution is 2.38. The maximum absolute atomic E-state index is 12.6. The van der Waals surface area contributed by atoms with Crippen molar-refractivity contribution in [2.45, 2.75) is 28.4 Å². The average molecular weight is 378 g/mol. The van der Waals surface area contributed by atoms with Gasteiger partial charge in [0.05, 0.1) is 28.6 Å². The lowest BCUT2D eigenvalue weighted by molar-refractivity contribution is -0.115. The zero-order valence-corrected chi connectivity index (χ0v) is 15.4. The molecule has 6 nitrogen and oxygen atoms in total. The minimum absolute atomic E-state index is 0.0879. The summed E-state index contributed by atoms with van der Waals surface area (Å²) in [5, 5.41) is 2.64. The molecule has 0 fully saturated rings. The van der Waals surface area contributed by atoms with Crippen molar-refractivity contribution in [1.82, 2.24) is 0 Å². The molecule has 0 unspecified atom stereocenters. The van der Waals surface area contributed by atoms with Crippen LogP contribution in [0, 0.1) is 0 Å². The first kappa shape index (κ1) is 17.6. The number of nitrogens with one attached hydrogen (secondary N) is 2. The molecule has 2 N–H and O–H groups in total. The van der Waals surface area contributed by atoms with Crippen molar-refractivity contribution in [2.24, 2.45) is 0 Å². The first-order chi connectivity index (χ1) is 11.9. The Bertz CT molecular complexity index is 913. The van der Waals surface area contributed by atoms with E-state index < -0.39 is 10.0 Å². The first-order valence-corrected chi connectivity index (χ1v) is 10.1. The van der Waals surface area contributed by atoms with Crippen LogP contribution in [0.2, 0.25) is 0 Å². The van der Waals surface area contributed by atoms with E-state index in [9.17, 15) is 13.2 Å². The van der Waals surface area contributed by atoms with Crippen LogP contribution in [-0.4, -0.2) is 26.7 Å². The summed E-state index contributed by atoms with van der Waals surface area (Å²) in [6, 6.07) is 11.4. The van der Waals surface area contributed by atoms with E-state index in [0.29, 0.717) is 23.5 Å². The summed E-state index contributed by atoms with van der Waals surface area (Å²) in [7, 11) is -2.26. The number of hydrogen-bond acceptors (Lipinski definition) is 5. The van der Waals surface area contributed by atoms with E-state index in [1.54, 1.807) is 36.4 Å². The van der Waals surface area contributed by atoms with E-state index >= 15 is 0 Å². The van der Waals surface area contributed by atoms with Crippen molar-refractivity contribution in [2.75, 3.05) is 17.1 Å². The van der Waals surface area contributed by atoms with Gasteiger partial charge in [0, 0.05) is 11.0 Å². The van der Waals surface area contributed by atoms with Gasteiger partial charge in [-0.1, -0.05) is 13.0 Å². The molecule has 25 heavy (non-hydrogen) atoms. The fraction of sp³-hybridized carbons (Fsp3) is 0.235. The molecule has 0 aromatic heterocycles. The van der Waals surface area contributed by atoms with Gasteiger partial charge in [0.2, 0.25) is 5.91 Å². The number of methoxy groups -OCH3 is 1. The summed E-state index contributed by atoms with van der Waals surface area (Å²) in [4.78, 5) is 13.0. The molecule has 0 bridgehead atoms.